The normalized spacial score (nSPS) is 11.8. The predicted octanol–water partition coefficient (Wildman–Crippen LogP) is 2.86. The Morgan fingerprint density at radius 2 is 2.09 bits per heavy atom. The van der Waals surface area contributed by atoms with Crippen LogP contribution in [0.5, 0.6) is 0 Å². The van der Waals surface area contributed by atoms with E-state index in [2.05, 4.69) is 29.5 Å². The average molecular weight is 309 g/mol. The number of benzene rings is 1. The van der Waals surface area contributed by atoms with Gasteiger partial charge in [0.15, 0.2) is 5.96 Å². The minimum absolute atomic E-state index is 0.176. The monoisotopic (exact) mass is 309 g/mol. The minimum Gasteiger partial charge on any atom is -0.381 e. The van der Waals surface area contributed by atoms with Crippen LogP contribution in [-0.4, -0.2) is 32.8 Å². The fraction of sp³-hybridized carbons (Fsp3) is 0.588. The highest BCUT2D eigenvalue weighted by atomic mass is 19.1. The number of guanidine groups is 1. The van der Waals surface area contributed by atoms with Crippen molar-refractivity contribution in [2.75, 3.05) is 26.8 Å². The molecule has 1 rings (SSSR count). The molecule has 0 bridgehead atoms. The van der Waals surface area contributed by atoms with Gasteiger partial charge in [0.2, 0.25) is 0 Å². The Morgan fingerprint density at radius 1 is 1.32 bits per heavy atom. The van der Waals surface area contributed by atoms with Crippen molar-refractivity contribution in [2.24, 2.45) is 10.9 Å². The molecular formula is C17H28FN3O. The summed E-state index contributed by atoms with van der Waals surface area (Å²) >= 11 is 0. The molecule has 0 unspecified atom stereocenters. The van der Waals surface area contributed by atoms with E-state index in [1.165, 1.54) is 0 Å². The van der Waals surface area contributed by atoms with Crippen molar-refractivity contribution >= 4 is 5.96 Å². The van der Waals surface area contributed by atoms with E-state index in [1.807, 2.05) is 6.07 Å². The number of rotatable bonds is 8. The first kappa shape index (κ1) is 18.4. The van der Waals surface area contributed by atoms with Gasteiger partial charge >= 0.3 is 0 Å². The van der Waals surface area contributed by atoms with Crippen LogP contribution in [0.15, 0.2) is 23.2 Å². The molecule has 0 saturated heterocycles. The molecule has 0 heterocycles. The van der Waals surface area contributed by atoms with Gasteiger partial charge in [-0.1, -0.05) is 26.0 Å². The van der Waals surface area contributed by atoms with Gasteiger partial charge in [0.25, 0.3) is 0 Å². The number of aliphatic imine (C=N–C) groups is 1. The molecule has 0 saturated carbocycles. The van der Waals surface area contributed by atoms with E-state index in [4.69, 9.17) is 4.74 Å². The quantitative estimate of drug-likeness (QED) is 0.441. The van der Waals surface area contributed by atoms with E-state index >= 15 is 0 Å². The molecule has 0 atom stereocenters. The third kappa shape index (κ3) is 7.41. The molecule has 0 aromatic heterocycles. The average Bonchev–Trinajstić information content (AvgIpc) is 2.49. The lowest BCUT2D eigenvalue weighted by atomic mass is 10.1. The second kappa shape index (κ2) is 10.2. The first-order valence-corrected chi connectivity index (χ1v) is 7.80. The predicted molar refractivity (Wildman–Crippen MR) is 89.6 cm³/mol. The molecule has 124 valence electrons. The summed E-state index contributed by atoms with van der Waals surface area (Å²) in [4.78, 5) is 4.15. The molecule has 0 aliphatic heterocycles. The maximum Gasteiger partial charge on any atom is 0.191 e. The summed E-state index contributed by atoms with van der Waals surface area (Å²) in [5, 5.41) is 6.39. The highest BCUT2D eigenvalue weighted by Gasteiger charge is 2.01. The summed E-state index contributed by atoms with van der Waals surface area (Å²) in [6, 6.07) is 5.25. The number of nitrogens with zero attached hydrogens (tertiary/aromatic N) is 1. The molecule has 22 heavy (non-hydrogen) atoms. The second-order valence-corrected chi connectivity index (χ2v) is 5.76. The zero-order chi connectivity index (χ0) is 16.4. The Kier molecular flexibility index (Phi) is 8.51. The van der Waals surface area contributed by atoms with E-state index < -0.39 is 0 Å². The Balaban J connectivity index is 2.23. The number of ether oxygens (including phenoxy) is 1. The second-order valence-electron chi connectivity index (χ2n) is 5.76. The van der Waals surface area contributed by atoms with Gasteiger partial charge in [-0.05, 0) is 36.5 Å². The summed E-state index contributed by atoms with van der Waals surface area (Å²) in [6.45, 7) is 8.91. The largest absolute Gasteiger partial charge is 0.381 e. The maximum absolute atomic E-state index is 13.5. The summed E-state index contributed by atoms with van der Waals surface area (Å²) in [5.41, 5.74) is 1.55. The number of hydrogen-bond acceptors (Lipinski definition) is 2. The van der Waals surface area contributed by atoms with Gasteiger partial charge < -0.3 is 15.4 Å². The lowest BCUT2D eigenvalue weighted by molar-refractivity contribution is 0.108. The number of hydrogen-bond donors (Lipinski definition) is 2. The SMILES string of the molecule is CN=C(NCCCOCC(C)C)NCc1ccc(C)c(F)c1. The molecule has 0 radical (unpaired) electrons. The van der Waals surface area contributed by atoms with Crippen molar-refractivity contribution in [1.29, 1.82) is 0 Å². The van der Waals surface area contributed by atoms with Crippen LogP contribution in [0.25, 0.3) is 0 Å². The standard InChI is InChI=1S/C17H28FN3O/c1-13(2)12-22-9-5-8-20-17(19-4)21-11-15-7-6-14(3)16(18)10-15/h6-7,10,13H,5,8-9,11-12H2,1-4H3,(H2,19,20,21). The van der Waals surface area contributed by atoms with Crippen LogP contribution in [0, 0.1) is 18.7 Å². The Bertz CT molecular complexity index is 475. The molecule has 0 aliphatic rings. The number of aryl methyl sites for hydroxylation is 1. The lowest BCUT2D eigenvalue weighted by Crippen LogP contribution is -2.37. The zero-order valence-electron chi connectivity index (χ0n) is 14.1. The van der Waals surface area contributed by atoms with Crippen LogP contribution in [0.1, 0.15) is 31.4 Å². The van der Waals surface area contributed by atoms with Crippen LogP contribution < -0.4 is 10.6 Å². The topological polar surface area (TPSA) is 45.7 Å². The van der Waals surface area contributed by atoms with Gasteiger partial charge in [0.1, 0.15) is 5.82 Å². The zero-order valence-corrected chi connectivity index (χ0v) is 14.1. The van der Waals surface area contributed by atoms with E-state index in [0.717, 1.165) is 31.7 Å². The Morgan fingerprint density at radius 3 is 2.73 bits per heavy atom. The maximum atomic E-state index is 13.5. The molecule has 4 nitrogen and oxygen atoms in total. The van der Waals surface area contributed by atoms with E-state index in [0.29, 0.717) is 24.0 Å². The van der Waals surface area contributed by atoms with Crippen molar-refractivity contribution in [3.05, 3.63) is 35.1 Å². The molecule has 1 aromatic carbocycles. The van der Waals surface area contributed by atoms with E-state index in [-0.39, 0.29) is 5.82 Å². The van der Waals surface area contributed by atoms with Crippen LogP contribution in [0.2, 0.25) is 0 Å². The Hall–Kier alpha value is -1.62. The highest BCUT2D eigenvalue weighted by Crippen LogP contribution is 2.08. The van der Waals surface area contributed by atoms with Gasteiger partial charge in [-0.3, -0.25) is 4.99 Å². The smallest absolute Gasteiger partial charge is 0.191 e. The van der Waals surface area contributed by atoms with Crippen LogP contribution in [0.3, 0.4) is 0 Å². The van der Waals surface area contributed by atoms with E-state index in [9.17, 15) is 4.39 Å². The molecular weight excluding hydrogens is 281 g/mol. The number of halogens is 1. The van der Waals surface area contributed by atoms with Crippen molar-refractivity contribution in [3.63, 3.8) is 0 Å². The van der Waals surface area contributed by atoms with Crippen molar-refractivity contribution < 1.29 is 9.13 Å². The molecule has 0 amide bonds. The highest BCUT2D eigenvalue weighted by molar-refractivity contribution is 5.79. The first-order valence-electron chi connectivity index (χ1n) is 7.80. The summed E-state index contributed by atoms with van der Waals surface area (Å²) in [7, 11) is 1.72. The first-order chi connectivity index (χ1) is 10.5. The molecule has 0 aliphatic carbocycles. The fourth-order valence-electron chi connectivity index (χ4n) is 1.85. The van der Waals surface area contributed by atoms with Crippen LogP contribution in [-0.2, 0) is 11.3 Å². The van der Waals surface area contributed by atoms with Gasteiger partial charge in [-0.15, -0.1) is 0 Å². The third-order valence-corrected chi connectivity index (χ3v) is 3.13. The van der Waals surface area contributed by atoms with E-state index in [1.54, 1.807) is 26.1 Å². The van der Waals surface area contributed by atoms with Gasteiger partial charge in [0, 0.05) is 33.4 Å². The number of nitrogens with one attached hydrogen (secondary N) is 2. The Labute approximate surface area is 133 Å². The molecule has 2 N–H and O–H groups in total. The minimum atomic E-state index is -0.176. The van der Waals surface area contributed by atoms with Crippen molar-refractivity contribution in [2.45, 2.75) is 33.7 Å². The third-order valence-electron chi connectivity index (χ3n) is 3.13. The summed E-state index contributed by atoms with van der Waals surface area (Å²) in [5.74, 6) is 1.10. The summed E-state index contributed by atoms with van der Waals surface area (Å²) in [6.07, 6.45) is 0.923. The molecule has 5 heteroatoms. The van der Waals surface area contributed by atoms with Gasteiger partial charge in [0.05, 0.1) is 0 Å². The summed E-state index contributed by atoms with van der Waals surface area (Å²) < 4.78 is 19.0. The lowest BCUT2D eigenvalue weighted by Gasteiger charge is -2.12. The van der Waals surface area contributed by atoms with Crippen LogP contribution >= 0.6 is 0 Å². The van der Waals surface area contributed by atoms with Gasteiger partial charge in [-0.25, -0.2) is 4.39 Å². The molecule has 0 fully saturated rings. The fourth-order valence-corrected chi connectivity index (χ4v) is 1.85. The molecule has 1 aromatic rings. The van der Waals surface area contributed by atoms with Gasteiger partial charge in [-0.2, -0.15) is 0 Å². The van der Waals surface area contributed by atoms with Crippen LogP contribution in [0.4, 0.5) is 4.39 Å². The van der Waals surface area contributed by atoms with Crippen molar-refractivity contribution in [1.82, 2.24) is 10.6 Å². The van der Waals surface area contributed by atoms with Crippen molar-refractivity contribution in [3.8, 4) is 0 Å². The molecule has 0 spiro atoms.